The number of benzene rings is 3. The lowest BCUT2D eigenvalue weighted by atomic mass is 9.89. The van der Waals surface area contributed by atoms with Crippen molar-refractivity contribution in [3.05, 3.63) is 76.4 Å². The van der Waals surface area contributed by atoms with Crippen LogP contribution < -0.4 is 39.5 Å². The van der Waals surface area contributed by atoms with Crippen LogP contribution in [-0.2, 0) is 30.8 Å². The van der Waals surface area contributed by atoms with E-state index in [1.807, 2.05) is 0 Å². The van der Waals surface area contributed by atoms with Crippen molar-refractivity contribution in [3.63, 3.8) is 0 Å². The fourth-order valence-corrected chi connectivity index (χ4v) is 10.7. The second kappa shape index (κ2) is 22.1. The summed E-state index contributed by atoms with van der Waals surface area (Å²) in [7, 11) is 1.07. The molecule has 4 aliphatic heterocycles. The van der Waals surface area contributed by atoms with Gasteiger partial charge < -0.3 is 34.6 Å². The number of rotatable bonds is 17. The zero-order chi connectivity index (χ0) is 48.8. The number of piperidine rings is 3. The largest absolute Gasteiger partial charge is 0.497 e. The minimum Gasteiger partial charge on any atom is -0.497 e. The highest BCUT2D eigenvalue weighted by Gasteiger charge is 2.31. The first-order chi connectivity index (χ1) is 33.2. The van der Waals surface area contributed by atoms with Crippen LogP contribution in [0, 0.1) is 6.92 Å². The zero-order valence-electron chi connectivity index (χ0n) is 40.7. The molecule has 4 aliphatic rings. The molecule has 3 aromatic carbocycles. The van der Waals surface area contributed by atoms with E-state index in [1.165, 1.54) is 37.3 Å². The van der Waals surface area contributed by atoms with Crippen LogP contribution in [0.25, 0.3) is 0 Å². The Bertz CT molecular complexity index is 2580. The summed E-state index contributed by atoms with van der Waals surface area (Å²) < 4.78 is 43.9. The molecule has 1 unspecified atom stereocenters. The topological polar surface area (TPSA) is 174 Å². The number of halogens is 1. The van der Waals surface area contributed by atoms with Crippen molar-refractivity contribution < 1.29 is 32.2 Å². The van der Waals surface area contributed by atoms with Crippen molar-refractivity contribution in [3.8, 4) is 11.5 Å². The quantitative estimate of drug-likeness (QED) is 0.0955. The first-order valence-electron chi connectivity index (χ1n) is 24.1. The van der Waals surface area contributed by atoms with Gasteiger partial charge >= 0.3 is 0 Å². The SMILES string of the molecule is CCc1cc(Nc2ncc(Cl)c(Nc3ccc(OC)cc3N(C)S(C)(=O)=O)n2)c(OC)cc1N1CCC(N2CCN(CCOC3CCN(c4ccc(C5CCC(=O)NC5=O)cc4C)CC3)CC2)CC1. The van der Waals surface area contributed by atoms with Gasteiger partial charge in [-0.15, -0.1) is 0 Å². The van der Waals surface area contributed by atoms with Crippen LogP contribution in [0.2, 0.25) is 5.02 Å². The van der Waals surface area contributed by atoms with Crippen molar-refractivity contribution >= 4 is 73.6 Å². The number of imide groups is 1. The summed E-state index contributed by atoms with van der Waals surface area (Å²) in [6, 6.07) is 16.1. The number of methoxy groups -OCH3 is 2. The van der Waals surface area contributed by atoms with Gasteiger partial charge in [-0.05, 0) is 86.4 Å². The predicted molar refractivity (Wildman–Crippen MR) is 273 cm³/mol. The van der Waals surface area contributed by atoms with Gasteiger partial charge in [0, 0.05) is 102 Å². The Morgan fingerprint density at radius 3 is 2.25 bits per heavy atom. The van der Waals surface area contributed by atoms with Crippen LogP contribution in [0.3, 0.4) is 0 Å². The van der Waals surface area contributed by atoms with Gasteiger partial charge in [-0.3, -0.25) is 29.0 Å². The number of piperazine rings is 1. The summed E-state index contributed by atoms with van der Waals surface area (Å²) in [6.07, 6.45) is 8.86. The summed E-state index contributed by atoms with van der Waals surface area (Å²) in [5.74, 6) is 1.11. The highest BCUT2D eigenvalue weighted by atomic mass is 35.5. The van der Waals surface area contributed by atoms with E-state index in [0.717, 1.165) is 125 Å². The molecule has 5 heterocycles. The maximum atomic E-state index is 12.5. The number of hydrogen-bond acceptors (Lipinski definition) is 15. The van der Waals surface area contributed by atoms with Crippen molar-refractivity contribution in [2.45, 2.75) is 76.9 Å². The highest BCUT2D eigenvalue weighted by molar-refractivity contribution is 7.92. The molecule has 3 N–H and O–H groups in total. The van der Waals surface area contributed by atoms with Gasteiger partial charge in [0.1, 0.15) is 16.5 Å². The second-order valence-electron chi connectivity index (χ2n) is 18.5. The normalized spacial score (nSPS) is 19.1. The minimum absolute atomic E-state index is 0.183. The predicted octanol–water partition coefficient (Wildman–Crippen LogP) is 6.69. The molecule has 4 fully saturated rings. The minimum atomic E-state index is -3.58. The molecular weight excluding hydrogens is 920 g/mol. The van der Waals surface area contributed by atoms with Gasteiger partial charge in [0.2, 0.25) is 27.8 Å². The van der Waals surface area contributed by atoms with E-state index < -0.39 is 10.0 Å². The summed E-state index contributed by atoms with van der Waals surface area (Å²) in [5.41, 5.74) is 7.27. The maximum absolute atomic E-state index is 12.5. The van der Waals surface area contributed by atoms with Crippen molar-refractivity contribution in [1.82, 2.24) is 25.1 Å². The molecule has 0 aliphatic carbocycles. The molecule has 69 heavy (non-hydrogen) atoms. The van der Waals surface area contributed by atoms with Crippen molar-refractivity contribution in [2.24, 2.45) is 0 Å². The molecule has 0 radical (unpaired) electrons. The Balaban J connectivity index is 0.788. The van der Waals surface area contributed by atoms with Gasteiger partial charge in [0.25, 0.3) is 0 Å². The molecule has 8 rings (SSSR count). The molecule has 0 bridgehead atoms. The van der Waals surface area contributed by atoms with Crippen LogP contribution in [-0.4, -0.2) is 145 Å². The average molecular weight is 988 g/mol. The van der Waals surface area contributed by atoms with Gasteiger partial charge in [-0.25, -0.2) is 13.4 Å². The molecule has 0 saturated carbocycles. The van der Waals surface area contributed by atoms with E-state index in [1.54, 1.807) is 25.3 Å². The van der Waals surface area contributed by atoms with Crippen LogP contribution in [0.15, 0.2) is 54.7 Å². The standard InChI is InChI=1S/C50H67ClN10O7S/c1-7-34-29-42(54-50-52-32-40(51)48(56-50)53-41-11-9-38(66-4)30-45(41)57(3)69(6,64)65)46(67-5)31-44(34)61-18-14-36(15-19-61)59-24-22-58(23-25-59)26-27-68-37-16-20-60(21-17-37)43-12-8-35(28-33(43)2)39-10-13-47(62)55-49(39)63/h8-9,11-12,28-32,36-37,39H,7,10,13-27H2,1-6H3,(H,55,62,63)(H2,52,53,54,56). The number of anilines is 7. The number of carbonyl (C=O) groups excluding carboxylic acids is 2. The number of ether oxygens (including phenoxy) is 3. The Hall–Kier alpha value is -5.40. The van der Waals surface area contributed by atoms with E-state index in [4.69, 9.17) is 25.8 Å². The Morgan fingerprint density at radius 2 is 1.58 bits per heavy atom. The molecule has 0 spiro atoms. The van der Waals surface area contributed by atoms with E-state index in [2.05, 4.69) is 89.7 Å². The van der Waals surface area contributed by atoms with E-state index in [9.17, 15) is 18.0 Å². The molecule has 4 aromatic rings. The number of amides is 2. The third-order valence-corrected chi connectivity index (χ3v) is 15.7. The first kappa shape index (κ1) is 50.0. The smallest absolute Gasteiger partial charge is 0.234 e. The van der Waals surface area contributed by atoms with Crippen molar-refractivity contribution in [2.75, 3.05) is 118 Å². The molecule has 1 atom stereocenters. The highest BCUT2D eigenvalue weighted by Crippen LogP contribution is 2.39. The maximum Gasteiger partial charge on any atom is 0.234 e. The Morgan fingerprint density at radius 1 is 0.855 bits per heavy atom. The monoisotopic (exact) mass is 986 g/mol. The molecular formula is C50H67ClN10O7S. The second-order valence-corrected chi connectivity index (χ2v) is 20.9. The van der Waals surface area contributed by atoms with Gasteiger partial charge in [0.15, 0.2) is 5.82 Å². The summed E-state index contributed by atoms with van der Waals surface area (Å²) >= 11 is 6.57. The molecule has 372 valence electrons. The van der Waals surface area contributed by atoms with E-state index >= 15 is 0 Å². The molecule has 1 aromatic heterocycles. The first-order valence-corrected chi connectivity index (χ1v) is 26.4. The Labute approximate surface area is 411 Å². The van der Waals surface area contributed by atoms with Gasteiger partial charge in [-0.1, -0.05) is 30.7 Å². The third kappa shape index (κ3) is 12.0. The zero-order valence-corrected chi connectivity index (χ0v) is 42.3. The number of nitrogens with one attached hydrogen (secondary N) is 3. The fraction of sp³-hybridized carbons (Fsp3) is 0.520. The number of sulfonamides is 1. The van der Waals surface area contributed by atoms with E-state index in [0.29, 0.717) is 47.6 Å². The summed E-state index contributed by atoms with van der Waals surface area (Å²) in [4.78, 5) is 43.3. The van der Waals surface area contributed by atoms with Crippen molar-refractivity contribution in [1.29, 1.82) is 0 Å². The Kier molecular flexibility index (Phi) is 16.0. The number of aryl methyl sites for hydroxylation is 2. The average Bonchev–Trinajstić information content (AvgIpc) is 3.35. The van der Waals surface area contributed by atoms with Crippen LogP contribution in [0.1, 0.15) is 68.1 Å². The number of hydrogen-bond donors (Lipinski definition) is 3. The van der Waals surface area contributed by atoms with Crippen LogP contribution in [0.5, 0.6) is 11.5 Å². The molecule has 4 saturated heterocycles. The van der Waals surface area contributed by atoms with E-state index in [-0.39, 0.29) is 34.8 Å². The lowest BCUT2D eigenvalue weighted by Crippen LogP contribution is -2.53. The molecule has 2 amide bonds. The lowest BCUT2D eigenvalue weighted by Gasteiger charge is -2.43. The summed E-state index contributed by atoms with van der Waals surface area (Å²) in [6.45, 7) is 14.1. The molecule has 17 nitrogen and oxygen atoms in total. The third-order valence-electron chi connectivity index (χ3n) is 14.2. The molecule has 19 heteroatoms. The van der Waals surface area contributed by atoms with Crippen LogP contribution in [0.4, 0.5) is 40.2 Å². The number of nitrogens with zero attached hydrogens (tertiary/aromatic N) is 7. The lowest BCUT2D eigenvalue weighted by molar-refractivity contribution is -0.134. The van der Waals surface area contributed by atoms with Crippen LogP contribution >= 0.6 is 11.6 Å². The summed E-state index contributed by atoms with van der Waals surface area (Å²) in [5, 5.41) is 9.27. The van der Waals surface area contributed by atoms with Gasteiger partial charge in [-0.2, -0.15) is 4.98 Å². The number of carbonyl (C=O) groups is 2. The van der Waals surface area contributed by atoms with Gasteiger partial charge in [0.05, 0.1) is 62.4 Å². The number of aromatic nitrogens is 2. The fourth-order valence-electron chi connectivity index (χ4n) is 10.1.